The fraction of sp³-hybridized carbons (Fsp3) is 0.375. The van der Waals surface area contributed by atoms with Gasteiger partial charge in [0, 0.05) is 4.88 Å². The molecule has 0 saturated heterocycles. The summed E-state index contributed by atoms with van der Waals surface area (Å²) < 4.78 is 36.6. The van der Waals surface area contributed by atoms with Crippen molar-refractivity contribution in [3.63, 3.8) is 0 Å². The molecule has 0 bridgehead atoms. The lowest BCUT2D eigenvalue weighted by Gasteiger charge is -2.20. The molecule has 0 N–H and O–H groups in total. The van der Waals surface area contributed by atoms with E-state index in [1.165, 1.54) is 11.1 Å². The summed E-state index contributed by atoms with van der Waals surface area (Å²) in [6, 6.07) is 11.8. The number of rotatable bonds is 9. The molecule has 5 rings (SSSR count). The van der Waals surface area contributed by atoms with Crippen molar-refractivity contribution in [2.24, 2.45) is 0 Å². The molecule has 1 aliphatic heterocycles. The second-order valence-electron chi connectivity index (χ2n) is 10.1. The van der Waals surface area contributed by atoms with Crippen LogP contribution in [-0.4, -0.2) is 39.6 Å². The van der Waals surface area contributed by atoms with Gasteiger partial charge in [0.1, 0.15) is 36.2 Å². The van der Waals surface area contributed by atoms with Crippen molar-refractivity contribution in [2.75, 3.05) is 27.4 Å². The molecule has 1 aliphatic rings. The van der Waals surface area contributed by atoms with E-state index >= 15 is 0 Å². The number of thiophene rings is 2. The predicted molar refractivity (Wildman–Crippen MR) is 164 cm³/mol. The molecule has 2 aromatic carbocycles. The van der Waals surface area contributed by atoms with E-state index in [4.69, 9.17) is 28.4 Å². The lowest BCUT2D eigenvalue weighted by molar-refractivity contribution is 0.174. The Morgan fingerprint density at radius 1 is 0.600 bits per heavy atom. The standard InChI is InChI=1S/C32H36O6S2/c1-17(2)37-23-13-9-11-21(33-7)25(23)29-19(5)20(6)30(39-29)32-28-27(35-15-16-36-28)31(40-32)26-22(34-8)12-10-14-24(26)38-18(3)4/h9-14,17-18H,15-16H2,1-8H3. The van der Waals surface area contributed by atoms with E-state index in [0.29, 0.717) is 13.2 Å². The van der Waals surface area contributed by atoms with Crippen LogP contribution in [0.1, 0.15) is 38.8 Å². The van der Waals surface area contributed by atoms with Crippen molar-refractivity contribution in [3.05, 3.63) is 47.5 Å². The zero-order valence-corrected chi connectivity index (χ0v) is 25.9. The lowest BCUT2D eigenvalue weighted by Crippen LogP contribution is -2.15. The Morgan fingerprint density at radius 3 is 1.52 bits per heavy atom. The molecule has 0 saturated carbocycles. The van der Waals surface area contributed by atoms with E-state index in [1.807, 2.05) is 64.1 Å². The first-order valence-electron chi connectivity index (χ1n) is 13.5. The third-order valence-corrected chi connectivity index (χ3v) is 9.39. The van der Waals surface area contributed by atoms with Crippen LogP contribution in [0.5, 0.6) is 34.5 Å². The monoisotopic (exact) mass is 580 g/mol. The van der Waals surface area contributed by atoms with Crippen LogP contribution in [0.4, 0.5) is 0 Å². The van der Waals surface area contributed by atoms with Gasteiger partial charge in [-0.3, -0.25) is 0 Å². The van der Waals surface area contributed by atoms with Crippen LogP contribution >= 0.6 is 22.7 Å². The van der Waals surface area contributed by atoms with Crippen molar-refractivity contribution >= 4 is 22.7 Å². The van der Waals surface area contributed by atoms with Gasteiger partial charge in [-0.05, 0) is 76.9 Å². The van der Waals surface area contributed by atoms with Gasteiger partial charge in [0.15, 0.2) is 11.5 Å². The van der Waals surface area contributed by atoms with Gasteiger partial charge in [-0.15, -0.1) is 22.7 Å². The molecule has 0 radical (unpaired) electrons. The number of benzene rings is 2. The number of ether oxygens (including phenoxy) is 6. The van der Waals surface area contributed by atoms with Crippen LogP contribution in [0.25, 0.3) is 30.6 Å². The van der Waals surface area contributed by atoms with Gasteiger partial charge in [-0.25, -0.2) is 0 Å². The van der Waals surface area contributed by atoms with Gasteiger partial charge < -0.3 is 28.4 Å². The number of methoxy groups -OCH3 is 2. The lowest BCUT2D eigenvalue weighted by atomic mass is 10.0. The zero-order valence-electron chi connectivity index (χ0n) is 24.3. The first kappa shape index (κ1) is 28.2. The average molecular weight is 581 g/mol. The summed E-state index contributed by atoms with van der Waals surface area (Å²) in [6.45, 7) is 13.4. The highest BCUT2D eigenvalue weighted by atomic mass is 32.1. The SMILES string of the molecule is COc1cccc(OC(C)C)c1-c1sc(-c2sc(-c3c(OC)cccc3OC(C)C)c3c2OCCO3)c(C)c1C. The summed E-state index contributed by atoms with van der Waals surface area (Å²) in [5.74, 6) is 4.57. The highest BCUT2D eigenvalue weighted by molar-refractivity contribution is 7.26. The smallest absolute Gasteiger partial charge is 0.181 e. The number of hydrogen-bond donors (Lipinski definition) is 0. The highest BCUT2D eigenvalue weighted by Crippen LogP contribution is 2.60. The number of fused-ring (bicyclic) bond motifs is 1. The van der Waals surface area contributed by atoms with E-state index in [2.05, 4.69) is 13.8 Å². The van der Waals surface area contributed by atoms with Gasteiger partial charge in [0.05, 0.1) is 52.2 Å². The minimum absolute atomic E-state index is 0.00568. The molecule has 0 spiro atoms. The molecular weight excluding hydrogens is 544 g/mol. The Kier molecular flexibility index (Phi) is 8.19. The van der Waals surface area contributed by atoms with Crippen molar-refractivity contribution < 1.29 is 28.4 Å². The van der Waals surface area contributed by atoms with Crippen molar-refractivity contribution in [2.45, 2.75) is 53.8 Å². The summed E-state index contributed by atoms with van der Waals surface area (Å²) in [6.07, 6.45) is 0.0401. The van der Waals surface area contributed by atoms with Gasteiger partial charge in [0.2, 0.25) is 0 Å². The summed E-state index contributed by atoms with van der Waals surface area (Å²) in [5.41, 5.74) is 4.21. The molecule has 0 fully saturated rings. The van der Waals surface area contributed by atoms with Gasteiger partial charge >= 0.3 is 0 Å². The first-order chi connectivity index (χ1) is 19.2. The average Bonchev–Trinajstić information content (AvgIpc) is 3.44. The molecule has 4 aromatic rings. The van der Waals surface area contributed by atoms with E-state index < -0.39 is 0 Å². The third-order valence-electron chi connectivity index (χ3n) is 6.65. The van der Waals surface area contributed by atoms with E-state index in [9.17, 15) is 0 Å². The molecule has 2 aromatic heterocycles. The zero-order chi connectivity index (χ0) is 28.6. The maximum atomic E-state index is 6.30. The molecular formula is C32H36O6S2. The summed E-state index contributed by atoms with van der Waals surface area (Å²) in [7, 11) is 3.38. The molecule has 212 valence electrons. The molecule has 0 unspecified atom stereocenters. The Balaban J connectivity index is 1.73. The molecule has 3 heterocycles. The molecule has 0 amide bonds. The Bertz CT molecular complexity index is 1510. The summed E-state index contributed by atoms with van der Waals surface area (Å²) in [5, 5.41) is 0. The Hall–Kier alpha value is -3.36. The third kappa shape index (κ3) is 5.10. The minimum Gasteiger partial charge on any atom is -0.496 e. The quantitative estimate of drug-likeness (QED) is 0.197. The maximum absolute atomic E-state index is 6.30. The second-order valence-corrected chi connectivity index (χ2v) is 12.2. The Morgan fingerprint density at radius 2 is 1.02 bits per heavy atom. The second kappa shape index (κ2) is 11.6. The van der Waals surface area contributed by atoms with Gasteiger partial charge in [0.25, 0.3) is 0 Å². The Labute approximate surface area is 244 Å². The maximum Gasteiger partial charge on any atom is 0.181 e. The van der Waals surface area contributed by atoms with Crippen LogP contribution in [0.3, 0.4) is 0 Å². The number of hydrogen-bond acceptors (Lipinski definition) is 8. The van der Waals surface area contributed by atoms with Crippen LogP contribution in [0.2, 0.25) is 0 Å². The van der Waals surface area contributed by atoms with E-state index in [-0.39, 0.29) is 12.2 Å². The van der Waals surface area contributed by atoms with Crippen LogP contribution in [0, 0.1) is 13.8 Å². The molecule has 8 heteroatoms. The molecule has 0 atom stereocenters. The van der Waals surface area contributed by atoms with Crippen LogP contribution in [-0.2, 0) is 0 Å². The van der Waals surface area contributed by atoms with Crippen molar-refractivity contribution in [1.29, 1.82) is 0 Å². The van der Waals surface area contributed by atoms with E-state index in [0.717, 1.165) is 65.1 Å². The van der Waals surface area contributed by atoms with Crippen LogP contribution in [0.15, 0.2) is 36.4 Å². The first-order valence-corrected chi connectivity index (χ1v) is 15.1. The largest absolute Gasteiger partial charge is 0.496 e. The van der Waals surface area contributed by atoms with E-state index in [1.54, 1.807) is 36.9 Å². The normalized spacial score (nSPS) is 12.7. The highest BCUT2D eigenvalue weighted by Gasteiger charge is 2.32. The van der Waals surface area contributed by atoms with Crippen LogP contribution < -0.4 is 28.4 Å². The molecule has 40 heavy (non-hydrogen) atoms. The fourth-order valence-electron chi connectivity index (χ4n) is 4.83. The topological polar surface area (TPSA) is 55.4 Å². The summed E-state index contributed by atoms with van der Waals surface area (Å²) in [4.78, 5) is 4.21. The predicted octanol–water partition coefficient (Wildman–Crippen LogP) is 8.79. The van der Waals surface area contributed by atoms with Gasteiger partial charge in [-0.2, -0.15) is 0 Å². The minimum atomic E-state index is 0.00568. The van der Waals surface area contributed by atoms with Crippen molar-refractivity contribution in [3.8, 4) is 65.1 Å². The fourth-order valence-corrected chi connectivity index (χ4v) is 7.63. The van der Waals surface area contributed by atoms with Gasteiger partial charge in [-0.1, -0.05) is 12.1 Å². The summed E-state index contributed by atoms with van der Waals surface area (Å²) >= 11 is 3.37. The van der Waals surface area contributed by atoms with Crippen molar-refractivity contribution in [1.82, 2.24) is 0 Å². The molecule has 0 aliphatic carbocycles. The molecule has 6 nitrogen and oxygen atoms in total.